The molecule has 0 unspecified atom stereocenters. The number of para-hydroxylation sites is 4. The molecule has 4 fully saturated rings. The zero-order valence-corrected chi connectivity index (χ0v) is 28.6. The first-order valence-electron chi connectivity index (χ1n) is 18.8. The lowest BCUT2D eigenvalue weighted by atomic mass is 9.52. The Balaban J connectivity index is 1.03. The Bertz CT molecular complexity index is 2680. The third-order valence-corrected chi connectivity index (χ3v) is 13.0. The van der Waals surface area contributed by atoms with Gasteiger partial charge in [0.1, 0.15) is 0 Å². The van der Waals surface area contributed by atoms with Gasteiger partial charge in [-0.2, -0.15) is 0 Å². The fourth-order valence-corrected chi connectivity index (χ4v) is 11.5. The van der Waals surface area contributed by atoms with E-state index in [1.807, 2.05) is 0 Å². The van der Waals surface area contributed by atoms with E-state index in [1.165, 1.54) is 98.9 Å². The minimum atomic E-state index is 0.171. The van der Waals surface area contributed by atoms with Gasteiger partial charge in [-0.1, -0.05) is 97.1 Å². The van der Waals surface area contributed by atoms with Crippen LogP contribution in [0.1, 0.15) is 38.5 Å². The Kier molecular flexibility index (Phi) is 5.67. The molecule has 7 aromatic carbocycles. The van der Waals surface area contributed by atoms with Crippen LogP contribution in [0.5, 0.6) is 11.5 Å². The van der Waals surface area contributed by atoms with E-state index in [-0.39, 0.29) is 5.54 Å². The standard InChI is InChI=1S/C48H38N2O/c1-2-8-38-33(7-1)15-16-35-26-37(21-22-39(35)38)50(48-27-30-23-31(28-48)25-32(24-30)29-48)36-19-17-34(18-20-36)40-9-5-10-41-42-11-6-14-45-47(42)49(46(40)41)43-12-3-4-13-44(43)51-45/h1-22,26,30-32H,23-25,27-29H2. The summed E-state index contributed by atoms with van der Waals surface area (Å²) in [4.78, 5) is 2.80. The Hall–Kier alpha value is -5.54. The summed E-state index contributed by atoms with van der Waals surface area (Å²) < 4.78 is 8.86. The molecule has 0 N–H and O–H groups in total. The van der Waals surface area contributed by atoms with E-state index in [1.54, 1.807) is 0 Å². The molecule has 4 bridgehead atoms. The molecule has 13 rings (SSSR count). The van der Waals surface area contributed by atoms with Crippen LogP contribution in [0, 0.1) is 17.8 Å². The maximum atomic E-state index is 6.43. The summed E-state index contributed by atoms with van der Waals surface area (Å²) in [5, 5.41) is 7.78. The van der Waals surface area contributed by atoms with Crippen LogP contribution in [0.25, 0.3) is 60.2 Å². The van der Waals surface area contributed by atoms with E-state index in [0.717, 1.165) is 40.5 Å². The Morgan fingerprint density at radius 3 is 1.96 bits per heavy atom. The summed E-state index contributed by atoms with van der Waals surface area (Å²) in [5.74, 6) is 4.39. The van der Waals surface area contributed by atoms with Crippen LogP contribution in [0.2, 0.25) is 0 Å². The molecule has 4 saturated carbocycles. The fourth-order valence-electron chi connectivity index (χ4n) is 11.5. The number of aromatic nitrogens is 1. The summed E-state index contributed by atoms with van der Waals surface area (Å²) in [7, 11) is 0. The smallest absolute Gasteiger partial charge is 0.152 e. The number of ether oxygens (including phenoxy) is 1. The molecule has 51 heavy (non-hydrogen) atoms. The van der Waals surface area contributed by atoms with Crippen molar-refractivity contribution in [2.75, 3.05) is 4.90 Å². The molecule has 0 spiro atoms. The average molecular weight is 659 g/mol. The lowest BCUT2D eigenvalue weighted by Gasteiger charge is -2.61. The molecule has 0 amide bonds. The van der Waals surface area contributed by atoms with Gasteiger partial charge in [0.05, 0.1) is 16.7 Å². The maximum absolute atomic E-state index is 6.43. The van der Waals surface area contributed by atoms with Crippen molar-refractivity contribution < 1.29 is 4.74 Å². The maximum Gasteiger partial charge on any atom is 0.152 e. The predicted molar refractivity (Wildman–Crippen MR) is 211 cm³/mol. The van der Waals surface area contributed by atoms with Gasteiger partial charge in [0.2, 0.25) is 0 Å². The third kappa shape index (κ3) is 4.01. The highest BCUT2D eigenvalue weighted by Crippen LogP contribution is 2.60. The highest BCUT2D eigenvalue weighted by Gasteiger charge is 2.54. The summed E-state index contributed by atoms with van der Waals surface area (Å²) in [5.41, 5.74) is 8.79. The zero-order chi connectivity index (χ0) is 33.3. The molecule has 246 valence electrons. The van der Waals surface area contributed by atoms with Crippen molar-refractivity contribution in [3.8, 4) is 28.3 Å². The first-order chi connectivity index (χ1) is 25.2. The van der Waals surface area contributed by atoms with Gasteiger partial charge in [-0.15, -0.1) is 0 Å². The zero-order valence-electron chi connectivity index (χ0n) is 28.6. The number of anilines is 2. The largest absolute Gasteiger partial charge is 0.453 e. The first kappa shape index (κ1) is 28.2. The van der Waals surface area contributed by atoms with Crippen LogP contribution in [-0.4, -0.2) is 10.1 Å². The molecular formula is C48H38N2O. The van der Waals surface area contributed by atoms with Gasteiger partial charge in [0.25, 0.3) is 0 Å². The molecule has 5 aliphatic rings. The van der Waals surface area contributed by atoms with Crippen molar-refractivity contribution in [1.82, 2.24) is 4.57 Å². The summed E-state index contributed by atoms with van der Waals surface area (Å²) in [6.45, 7) is 0. The highest BCUT2D eigenvalue weighted by atomic mass is 16.5. The Morgan fingerprint density at radius 2 is 1.14 bits per heavy atom. The minimum absolute atomic E-state index is 0.171. The molecule has 8 aromatic rings. The molecule has 2 heterocycles. The lowest BCUT2D eigenvalue weighted by molar-refractivity contribution is 0.000565. The molecule has 3 nitrogen and oxygen atoms in total. The molecule has 0 atom stereocenters. The molecular weight excluding hydrogens is 621 g/mol. The van der Waals surface area contributed by atoms with Gasteiger partial charge in [-0.05, 0) is 126 Å². The van der Waals surface area contributed by atoms with Gasteiger partial charge < -0.3 is 14.2 Å². The second-order valence-corrected chi connectivity index (χ2v) is 16.0. The number of fused-ring (bicyclic) bond motifs is 8. The third-order valence-electron chi connectivity index (χ3n) is 13.0. The Labute approximate surface area is 297 Å². The van der Waals surface area contributed by atoms with Crippen molar-refractivity contribution in [3.63, 3.8) is 0 Å². The quantitative estimate of drug-likeness (QED) is 0.175. The van der Waals surface area contributed by atoms with E-state index in [9.17, 15) is 0 Å². The van der Waals surface area contributed by atoms with Gasteiger partial charge in [-0.3, -0.25) is 0 Å². The van der Waals surface area contributed by atoms with E-state index in [4.69, 9.17) is 4.74 Å². The van der Waals surface area contributed by atoms with Crippen molar-refractivity contribution in [2.24, 2.45) is 17.8 Å². The topological polar surface area (TPSA) is 17.4 Å². The van der Waals surface area contributed by atoms with Gasteiger partial charge in [0.15, 0.2) is 11.5 Å². The van der Waals surface area contributed by atoms with Crippen LogP contribution in [0.3, 0.4) is 0 Å². The Morgan fingerprint density at radius 1 is 0.510 bits per heavy atom. The molecule has 1 aromatic heterocycles. The molecule has 0 radical (unpaired) electrons. The first-order valence-corrected chi connectivity index (χ1v) is 18.8. The number of nitrogens with zero attached hydrogens (tertiary/aromatic N) is 2. The van der Waals surface area contributed by atoms with Crippen LogP contribution >= 0.6 is 0 Å². The molecule has 3 heteroatoms. The van der Waals surface area contributed by atoms with Crippen LogP contribution < -0.4 is 9.64 Å². The van der Waals surface area contributed by atoms with Gasteiger partial charge in [-0.25, -0.2) is 0 Å². The summed E-state index contributed by atoms with van der Waals surface area (Å²) in [6, 6.07) is 51.9. The second-order valence-electron chi connectivity index (χ2n) is 16.0. The minimum Gasteiger partial charge on any atom is -0.453 e. The summed E-state index contributed by atoms with van der Waals surface area (Å²) >= 11 is 0. The number of benzene rings is 7. The summed E-state index contributed by atoms with van der Waals surface area (Å²) in [6.07, 6.45) is 8.22. The molecule has 0 saturated heterocycles. The van der Waals surface area contributed by atoms with Crippen LogP contribution in [0.15, 0.2) is 140 Å². The predicted octanol–water partition coefficient (Wildman–Crippen LogP) is 13.0. The van der Waals surface area contributed by atoms with Crippen LogP contribution in [0.4, 0.5) is 11.4 Å². The van der Waals surface area contributed by atoms with Gasteiger partial charge in [0, 0.05) is 33.2 Å². The number of rotatable bonds is 4. The van der Waals surface area contributed by atoms with E-state index < -0.39 is 0 Å². The van der Waals surface area contributed by atoms with Crippen molar-refractivity contribution >= 4 is 54.7 Å². The van der Waals surface area contributed by atoms with E-state index in [2.05, 4.69) is 149 Å². The molecule has 4 aliphatic carbocycles. The van der Waals surface area contributed by atoms with E-state index in [0.29, 0.717) is 0 Å². The monoisotopic (exact) mass is 658 g/mol. The number of hydrogen-bond donors (Lipinski definition) is 0. The van der Waals surface area contributed by atoms with E-state index >= 15 is 0 Å². The highest BCUT2D eigenvalue weighted by molar-refractivity contribution is 6.16. The van der Waals surface area contributed by atoms with Crippen molar-refractivity contribution in [3.05, 3.63) is 140 Å². The van der Waals surface area contributed by atoms with Crippen LogP contribution in [-0.2, 0) is 0 Å². The average Bonchev–Trinajstić information content (AvgIpc) is 3.51. The van der Waals surface area contributed by atoms with Gasteiger partial charge >= 0.3 is 0 Å². The van der Waals surface area contributed by atoms with Crippen molar-refractivity contribution in [1.29, 1.82) is 0 Å². The second kappa shape index (κ2) is 10.3. The fraction of sp³-hybridized carbons (Fsp3) is 0.208. The molecule has 1 aliphatic heterocycles. The normalized spacial score (nSPS) is 22.9. The SMILES string of the molecule is c1ccc2c(c1)Oc1cccc3c4cccc(-c5ccc(N(c6ccc7c(ccc8ccccc87)c6)C67CC8CC(CC(C8)C6)C7)cc5)c4n-2c13. The lowest BCUT2D eigenvalue weighted by Crippen LogP contribution is -2.58. The number of hydrogen-bond acceptors (Lipinski definition) is 2. The van der Waals surface area contributed by atoms with Crippen molar-refractivity contribution in [2.45, 2.75) is 44.1 Å².